The number of carbonyl (C=O) groups is 1. The van der Waals surface area contributed by atoms with E-state index in [0.717, 1.165) is 15.9 Å². The zero-order valence-corrected chi connectivity index (χ0v) is 13.5. The third kappa shape index (κ3) is 3.03. The van der Waals surface area contributed by atoms with Gasteiger partial charge in [0.25, 0.3) is 5.91 Å². The highest BCUT2D eigenvalue weighted by Gasteiger charge is 2.12. The Morgan fingerprint density at radius 2 is 2.24 bits per heavy atom. The monoisotopic (exact) mass is 362 g/mol. The van der Waals surface area contributed by atoms with Crippen LogP contribution in [0.4, 0.5) is 5.69 Å². The number of hydrogen-bond acceptors (Lipinski definition) is 4. The predicted molar refractivity (Wildman–Crippen MR) is 86.5 cm³/mol. The number of H-pyrrole nitrogens is 1. The van der Waals surface area contributed by atoms with Gasteiger partial charge in [0.15, 0.2) is 5.82 Å². The number of aryl methyl sites for hydroxylation is 1. The number of nitrogens with zero attached hydrogens (tertiary/aromatic N) is 2. The topological polar surface area (TPSA) is 70.7 Å². The lowest BCUT2D eigenvalue weighted by Crippen LogP contribution is -2.10. The van der Waals surface area contributed by atoms with E-state index >= 15 is 0 Å². The van der Waals surface area contributed by atoms with Crippen LogP contribution in [-0.2, 0) is 0 Å². The summed E-state index contributed by atoms with van der Waals surface area (Å²) in [7, 11) is 0. The van der Waals surface area contributed by atoms with Crippen molar-refractivity contribution in [3.8, 4) is 11.4 Å². The maximum absolute atomic E-state index is 12.2. The zero-order chi connectivity index (χ0) is 14.8. The van der Waals surface area contributed by atoms with Crippen molar-refractivity contribution in [3.05, 3.63) is 50.9 Å². The number of rotatable bonds is 3. The Morgan fingerprint density at radius 1 is 1.38 bits per heavy atom. The second kappa shape index (κ2) is 5.79. The van der Waals surface area contributed by atoms with Crippen LogP contribution < -0.4 is 5.32 Å². The number of aromatic nitrogens is 3. The highest BCUT2D eigenvalue weighted by molar-refractivity contribution is 9.10. The molecule has 0 bridgehead atoms. The van der Waals surface area contributed by atoms with Crippen LogP contribution in [0, 0.1) is 6.92 Å². The minimum Gasteiger partial charge on any atom is -0.321 e. The average Bonchev–Trinajstić information content (AvgIpc) is 3.08. The van der Waals surface area contributed by atoms with Gasteiger partial charge in [-0.25, -0.2) is 4.98 Å². The number of amides is 1. The van der Waals surface area contributed by atoms with Gasteiger partial charge in [-0.2, -0.15) is 5.10 Å². The molecule has 1 amide bonds. The molecular formula is C14H11BrN4OS. The second-order valence-corrected chi connectivity index (χ2v) is 6.15. The Morgan fingerprint density at radius 3 is 2.90 bits per heavy atom. The predicted octanol–water partition coefficient (Wildman–Crippen LogP) is 3.86. The molecule has 7 heteroatoms. The smallest absolute Gasteiger partial charge is 0.266 e. The molecular weight excluding hydrogens is 352 g/mol. The second-order valence-electron chi connectivity index (χ2n) is 4.38. The van der Waals surface area contributed by atoms with Crippen LogP contribution >= 0.6 is 27.3 Å². The van der Waals surface area contributed by atoms with E-state index in [1.165, 1.54) is 11.3 Å². The lowest BCUT2D eigenvalue weighted by atomic mass is 10.2. The van der Waals surface area contributed by atoms with E-state index in [-0.39, 0.29) is 5.91 Å². The van der Waals surface area contributed by atoms with Crippen LogP contribution in [0.1, 0.15) is 15.5 Å². The molecule has 0 radical (unpaired) electrons. The fourth-order valence-corrected chi connectivity index (χ4v) is 3.30. The van der Waals surface area contributed by atoms with Gasteiger partial charge in [0.05, 0.1) is 0 Å². The largest absolute Gasteiger partial charge is 0.321 e. The van der Waals surface area contributed by atoms with Gasteiger partial charge in [-0.3, -0.25) is 9.89 Å². The lowest BCUT2D eigenvalue weighted by Gasteiger charge is -2.05. The molecule has 0 spiro atoms. The molecule has 3 rings (SSSR count). The molecule has 106 valence electrons. The Labute approximate surface area is 133 Å². The molecule has 0 saturated carbocycles. The first-order valence-corrected chi connectivity index (χ1v) is 7.84. The SMILES string of the molecule is Cc1nc(-c2cccc(NC(=O)c3sccc3Br)c2)n[nH]1. The molecule has 2 heterocycles. The van der Waals surface area contributed by atoms with Gasteiger partial charge in [0.1, 0.15) is 10.7 Å². The third-order valence-corrected chi connectivity index (χ3v) is 4.64. The van der Waals surface area contributed by atoms with E-state index in [2.05, 4.69) is 36.4 Å². The van der Waals surface area contributed by atoms with E-state index in [1.807, 2.05) is 42.6 Å². The quantitative estimate of drug-likeness (QED) is 0.743. The van der Waals surface area contributed by atoms with E-state index in [1.54, 1.807) is 0 Å². The summed E-state index contributed by atoms with van der Waals surface area (Å²) in [4.78, 5) is 17.1. The van der Waals surface area contributed by atoms with Gasteiger partial charge in [-0.1, -0.05) is 12.1 Å². The van der Waals surface area contributed by atoms with Crippen LogP contribution in [0.3, 0.4) is 0 Å². The van der Waals surface area contributed by atoms with E-state index in [9.17, 15) is 4.79 Å². The fourth-order valence-electron chi connectivity index (χ4n) is 1.85. The summed E-state index contributed by atoms with van der Waals surface area (Å²) in [5.41, 5.74) is 1.56. The first-order chi connectivity index (χ1) is 10.1. The van der Waals surface area contributed by atoms with Gasteiger partial charge in [0.2, 0.25) is 0 Å². The van der Waals surface area contributed by atoms with Crippen molar-refractivity contribution in [1.82, 2.24) is 15.2 Å². The molecule has 0 aliphatic rings. The fraction of sp³-hybridized carbons (Fsp3) is 0.0714. The molecule has 0 fully saturated rings. The van der Waals surface area contributed by atoms with Crippen molar-refractivity contribution in [1.29, 1.82) is 0 Å². The Balaban J connectivity index is 1.84. The summed E-state index contributed by atoms with van der Waals surface area (Å²) in [6.45, 7) is 1.84. The molecule has 2 N–H and O–H groups in total. The van der Waals surface area contributed by atoms with Crippen LogP contribution in [0.5, 0.6) is 0 Å². The molecule has 21 heavy (non-hydrogen) atoms. The maximum atomic E-state index is 12.2. The maximum Gasteiger partial charge on any atom is 0.266 e. The van der Waals surface area contributed by atoms with Crippen LogP contribution in [0.15, 0.2) is 40.2 Å². The molecule has 0 atom stereocenters. The molecule has 1 aromatic carbocycles. The van der Waals surface area contributed by atoms with E-state index in [4.69, 9.17) is 0 Å². The van der Waals surface area contributed by atoms with Gasteiger partial charge < -0.3 is 5.32 Å². The van der Waals surface area contributed by atoms with E-state index in [0.29, 0.717) is 16.4 Å². The minimum atomic E-state index is -0.139. The molecule has 0 aliphatic heterocycles. The van der Waals surface area contributed by atoms with Crippen molar-refractivity contribution in [2.45, 2.75) is 6.92 Å². The van der Waals surface area contributed by atoms with Crippen LogP contribution in [0.2, 0.25) is 0 Å². The standard InChI is InChI=1S/C14H11BrN4OS/c1-8-16-13(19-18-8)9-3-2-4-10(7-9)17-14(20)12-11(15)5-6-21-12/h2-7H,1H3,(H,17,20)(H,16,18,19). The van der Waals surface area contributed by atoms with Crippen molar-refractivity contribution < 1.29 is 4.79 Å². The van der Waals surface area contributed by atoms with Crippen molar-refractivity contribution in [3.63, 3.8) is 0 Å². The summed E-state index contributed by atoms with van der Waals surface area (Å²) in [5, 5.41) is 11.7. The summed E-state index contributed by atoms with van der Waals surface area (Å²) < 4.78 is 0.797. The molecule has 5 nitrogen and oxygen atoms in total. The number of anilines is 1. The Kier molecular flexibility index (Phi) is 3.85. The number of carbonyl (C=O) groups excluding carboxylic acids is 1. The number of halogens is 1. The van der Waals surface area contributed by atoms with Gasteiger partial charge in [-0.05, 0) is 46.4 Å². The van der Waals surface area contributed by atoms with Gasteiger partial charge in [0, 0.05) is 15.7 Å². The molecule has 2 aromatic heterocycles. The van der Waals surface area contributed by atoms with Crippen LogP contribution in [0.25, 0.3) is 11.4 Å². The number of nitrogens with one attached hydrogen (secondary N) is 2. The van der Waals surface area contributed by atoms with Gasteiger partial charge >= 0.3 is 0 Å². The summed E-state index contributed by atoms with van der Waals surface area (Å²) in [6, 6.07) is 9.30. The van der Waals surface area contributed by atoms with Crippen molar-refractivity contribution in [2.75, 3.05) is 5.32 Å². The summed E-state index contributed by atoms with van der Waals surface area (Å²) in [6.07, 6.45) is 0. The van der Waals surface area contributed by atoms with Crippen LogP contribution in [-0.4, -0.2) is 21.1 Å². The third-order valence-electron chi connectivity index (χ3n) is 2.80. The Hall–Kier alpha value is -1.99. The zero-order valence-electron chi connectivity index (χ0n) is 11.1. The average molecular weight is 363 g/mol. The highest BCUT2D eigenvalue weighted by atomic mass is 79.9. The first-order valence-electron chi connectivity index (χ1n) is 6.17. The highest BCUT2D eigenvalue weighted by Crippen LogP contribution is 2.25. The summed E-state index contributed by atoms with van der Waals surface area (Å²) in [5.74, 6) is 1.23. The minimum absolute atomic E-state index is 0.139. The molecule has 0 aliphatic carbocycles. The molecule has 0 saturated heterocycles. The lowest BCUT2D eigenvalue weighted by molar-refractivity contribution is 0.103. The van der Waals surface area contributed by atoms with Crippen molar-refractivity contribution in [2.24, 2.45) is 0 Å². The number of hydrogen-bond donors (Lipinski definition) is 2. The van der Waals surface area contributed by atoms with Gasteiger partial charge in [-0.15, -0.1) is 11.3 Å². The first kappa shape index (κ1) is 14.0. The van der Waals surface area contributed by atoms with E-state index < -0.39 is 0 Å². The number of benzene rings is 1. The normalized spacial score (nSPS) is 10.6. The number of thiophene rings is 1. The summed E-state index contributed by atoms with van der Waals surface area (Å²) >= 11 is 4.75. The Bertz CT molecular complexity index is 796. The molecule has 0 unspecified atom stereocenters. The molecule has 3 aromatic rings. The number of aromatic amines is 1. The van der Waals surface area contributed by atoms with Crippen molar-refractivity contribution >= 4 is 38.9 Å².